The highest BCUT2D eigenvalue weighted by Gasteiger charge is 2.48. The Morgan fingerprint density at radius 1 is 0.981 bits per heavy atom. The molecule has 8 rings (SSSR count). The van der Waals surface area contributed by atoms with Crippen LogP contribution in [0.2, 0.25) is 5.02 Å². The maximum atomic E-state index is 14.0. The Labute approximate surface area is 316 Å². The fourth-order valence-electron chi connectivity index (χ4n) is 10.4. The van der Waals surface area contributed by atoms with Crippen molar-refractivity contribution >= 4 is 38.8 Å². The molecule has 2 aromatic rings. The lowest BCUT2D eigenvalue weighted by molar-refractivity contribution is -0.255. The van der Waals surface area contributed by atoms with Crippen molar-refractivity contribution in [3.8, 4) is 5.75 Å². The fraction of sp³-hybridized carbons (Fsp3) is 0.667. The molecule has 2 bridgehead atoms. The van der Waals surface area contributed by atoms with Gasteiger partial charge in [0.15, 0.2) is 6.29 Å². The van der Waals surface area contributed by atoms with Gasteiger partial charge in [0.25, 0.3) is 5.91 Å². The van der Waals surface area contributed by atoms with Crippen LogP contribution in [0.25, 0.3) is 0 Å². The molecule has 0 radical (unpaired) electrons. The van der Waals surface area contributed by atoms with Crippen LogP contribution in [-0.2, 0) is 31.0 Å². The zero-order valence-corrected chi connectivity index (χ0v) is 33.1. The van der Waals surface area contributed by atoms with Crippen LogP contribution < -0.4 is 14.4 Å². The third-order valence-electron chi connectivity index (χ3n) is 14.1. The van der Waals surface area contributed by atoms with Gasteiger partial charge in [0, 0.05) is 52.3 Å². The summed E-state index contributed by atoms with van der Waals surface area (Å²) in [5.41, 5.74) is 4.05. The highest BCUT2D eigenvalue weighted by atomic mass is 35.5. The Hall–Kier alpha value is -2.30. The number of fused-ring (bicyclic) bond motifs is 4. The van der Waals surface area contributed by atoms with Crippen molar-refractivity contribution in [3.05, 3.63) is 58.1 Å². The van der Waals surface area contributed by atoms with Crippen LogP contribution in [0.1, 0.15) is 101 Å². The van der Waals surface area contributed by atoms with E-state index in [1.54, 1.807) is 6.07 Å². The molecule has 2 aromatic carbocycles. The number of anilines is 1. The molecule has 10 heteroatoms. The summed E-state index contributed by atoms with van der Waals surface area (Å²) in [6, 6.07) is 12.4. The van der Waals surface area contributed by atoms with Gasteiger partial charge in [-0.05, 0) is 137 Å². The van der Waals surface area contributed by atoms with Crippen molar-refractivity contribution < 1.29 is 23.2 Å². The van der Waals surface area contributed by atoms with Crippen LogP contribution in [0.4, 0.5) is 5.69 Å². The van der Waals surface area contributed by atoms with Gasteiger partial charge in [-0.15, -0.1) is 0 Å². The molecule has 6 aliphatic rings. The van der Waals surface area contributed by atoms with E-state index in [0.717, 1.165) is 87.5 Å². The molecule has 284 valence electrons. The predicted molar refractivity (Wildman–Crippen MR) is 210 cm³/mol. The zero-order valence-electron chi connectivity index (χ0n) is 31.5. The molecule has 1 saturated carbocycles. The van der Waals surface area contributed by atoms with Crippen molar-refractivity contribution in [2.24, 2.45) is 23.7 Å². The molecule has 2 aliphatic carbocycles. The van der Waals surface area contributed by atoms with Gasteiger partial charge in [-0.25, -0.2) is 4.21 Å². The third-order valence-corrected chi connectivity index (χ3v) is 16.5. The topological polar surface area (TPSA) is 80.3 Å². The molecule has 1 unspecified atom stereocenters. The van der Waals surface area contributed by atoms with Crippen molar-refractivity contribution in [3.63, 3.8) is 0 Å². The monoisotopic (exact) mass is 751 g/mol. The Bertz CT molecular complexity index is 1780. The molecular weight excluding hydrogens is 694 g/mol. The third kappa shape index (κ3) is 6.80. The van der Waals surface area contributed by atoms with Crippen LogP contribution >= 0.6 is 11.6 Å². The Morgan fingerprint density at radius 2 is 1.79 bits per heavy atom. The summed E-state index contributed by atoms with van der Waals surface area (Å²) in [5.74, 6) is 5.86. The second kappa shape index (κ2) is 14.1. The zero-order chi connectivity index (χ0) is 36.4. The van der Waals surface area contributed by atoms with Gasteiger partial charge in [0.05, 0.1) is 41.3 Å². The number of halogens is 1. The number of rotatable bonds is 2. The Kier molecular flexibility index (Phi) is 9.93. The van der Waals surface area contributed by atoms with Crippen LogP contribution in [0.3, 0.4) is 0 Å². The van der Waals surface area contributed by atoms with Gasteiger partial charge >= 0.3 is 0 Å². The molecule has 0 aromatic heterocycles. The van der Waals surface area contributed by atoms with E-state index in [4.69, 9.17) is 25.8 Å². The maximum absolute atomic E-state index is 14.0. The average Bonchev–Trinajstić information content (AvgIpc) is 3.25. The first kappa shape index (κ1) is 36.7. The maximum Gasteiger partial charge on any atom is 0.262 e. The quantitative estimate of drug-likeness (QED) is 0.324. The Balaban J connectivity index is 1.13. The molecule has 1 spiro atoms. The van der Waals surface area contributed by atoms with E-state index in [2.05, 4.69) is 53.3 Å². The normalized spacial score (nSPS) is 38.1. The minimum atomic E-state index is -2.91. The molecule has 4 heterocycles. The van der Waals surface area contributed by atoms with Gasteiger partial charge in [-0.2, -0.15) is 0 Å². The summed E-state index contributed by atoms with van der Waals surface area (Å²) < 4.78 is 37.0. The molecule has 1 amide bonds. The largest absolute Gasteiger partial charge is 0.490 e. The van der Waals surface area contributed by atoms with Crippen molar-refractivity contribution in [2.45, 2.75) is 114 Å². The molecular formula is C42H58ClN3O5S. The SMILES string of the molecule is C=S1(=O)NC(=O)c2ccc3c(c2)N(C[C@@H]2CC[C@H]2[C@H](C2OCC(N4CCC4(C)C)CO2)CCC[C@H](C)[C@H]1C)C[C@@]1(CCCc2cc(Cl)ccc21)CO3. The average molecular weight is 752 g/mol. The summed E-state index contributed by atoms with van der Waals surface area (Å²) >= 11 is 6.51. The molecule has 8 nitrogen and oxygen atoms in total. The lowest BCUT2D eigenvalue weighted by atomic mass is 9.64. The number of carbonyl (C=O) groups excluding carboxylic acids is 1. The predicted octanol–water partition coefficient (Wildman–Crippen LogP) is 7.25. The standard InChI is InChI=1S/C42H58ClN3O5S/c1-27-8-6-10-35(40-49-23-33(24-50-40)46-19-18-41(46,3)4)34-14-11-31(34)22-45-25-42(17-7-9-29-20-32(43)13-15-36(29)42)26-51-38-16-12-30(21-37(38)45)39(47)44-52(5,48)28(27)2/h12-13,15-16,20-21,27-28,31,33-35,40H,5-11,14,17-19,22-26H2,1-4H3,(H,44,47,48)/t27-,28+,31-,33?,34+,35+,40?,42-,52?/m0/s1. The van der Waals surface area contributed by atoms with Gasteiger partial charge in [0.1, 0.15) is 5.75 Å². The van der Waals surface area contributed by atoms with E-state index in [1.165, 1.54) is 17.5 Å². The second-order valence-corrected chi connectivity index (χ2v) is 20.5. The lowest BCUT2D eigenvalue weighted by Crippen LogP contribution is -2.64. The first-order chi connectivity index (χ1) is 24.8. The van der Waals surface area contributed by atoms with Gasteiger partial charge < -0.3 is 19.1 Å². The fourth-order valence-corrected chi connectivity index (χ4v) is 12.1. The number of hydrogen-bond acceptors (Lipinski definition) is 7. The van der Waals surface area contributed by atoms with E-state index < -0.39 is 9.71 Å². The number of hydrogen-bond donors (Lipinski definition) is 1. The minimum Gasteiger partial charge on any atom is -0.490 e. The summed E-state index contributed by atoms with van der Waals surface area (Å²) in [6.45, 7) is 13.5. The molecule has 4 aliphatic heterocycles. The van der Waals surface area contributed by atoms with Gasteiger partial charge in [0.2, 0.25) is 0 Å². The number of amides is 1. The summed E-state index contributed by atoms with van der Waals surface area (Å²) in [5, 5.41) is 0.498. The van der Waals surface area contributed by atoms with Gasteiger partial charge in [-0.1, -0.05) is 31.0 Å². The van der Waals surface area contributed by atoms with E-state index >= 15 is 0 Å². The van der Waals surface area contributed by atoms with Crippen LogP contribution in [-0.4, -0.2) is 83.5 Å². The number of ether oxygens (including phenoxy) is 3. The molecule has 2 saturated heterocycles. The second-order valence-electron chi connectivity index (χ2n) is 17.7. The molecule has 1 N–H and O–H groups in total. The van der Waals surface area contributed by atoms with Crippen molar-refractivity contribution in [2.75, 3.05) is 44.4 Å². The van der Waals surface area contributed by atoms with Crippen LogP contribution in [0, 0.1) is 23.7 Å². The summed E-state index contributed by atoms with van der Waals surface area (Å²) in [6.07, 6.45) is 9.30. The van der Waals surface area contributed by atoms with Crippen LogP contribution in [0.15, 0.2) is 36.4 Å². The number of likely N-dealkylation sites (tertiary alicyclic amines) is 1. The minimum absolute atomic E-state index is 0.127. The van der Waals surface area contributed by atoms with E-state index in [1.807, 2.05) is 25.1 Å². The first-order valence-corrected chi connectivity index (χ1v) is 22.0. The van der Waals surface area contributed by atoms with Crippen molar-refractivity contribution in [1.82, 2.24) is 9.62 Å². The van der Waals surface area contributed by atoms with Gasteiger partial charge in [-0.3, -0.25) is 14.4 Å². The highest BCUT2D eigenvalue weighted by Crippen LogP contribution is 2.49. The number of aryl methyl sites for hydroxylation is 1. The summed E-state index contributed by atoms with van der Waals surface area (Å²) in [7, 11) is -2.91. The lowest BCUT2D eigenvalue weighted by Gasteiger charge is -2.54. The number of benzene rings is 2. The Morgan fingerprint density at radius 3 is 2.50 bits per heavy atom. The molecule has 52 heavy (non-hydrogen) atoms. The van der Waals surface area contributed by atoms with E-state index in [-0.39, 0.29) is 40.2 Å². The smallest absolute Gasteiger partial charge is 0.262 e. The van der Waals surface area contributed by atoms with E-state index in [0.29, 0.717) is 43.3 Å². The van der Waals surface area contributed by atoms with Crippen molar-refractivity contribution in [1.29, 1.82) is 0 Å². The number of nitrogens with zero attached hydrogens (tertiary/aromatic N) is 2. The first-order valence-electron chi connectivity index (χ1n) is 19.8. The molecule has 7 atom stereocenters. The number of carbonyl (C=O) groups is 1. The van der Waals surface area contributed by atoms with E-state index in [9.17, 15) is 9.00 Å². The highest BCUT2D eigenvalue weighted by molar-refractivity contribution is 7.99. The summed E-state index contributed by atoms with van der Waals surface area (Å²) in [4.78, 5) is 18.8. The van der Waals surface area contributed by atoms with Crippen LogP contribution in [0.5, 0.6) is 5.75 Å². The number of nitrogens with one attached hydrogen (secondary N) is 1. The molecule has 3 fully saturated rings.